The van der Waals surface area contributed by atoms with Crippen LogP contribution in [0.5, 0.6) is 0 Å². The highest BCUT2D eigenvalue weighted by Gasteiger charge is 2.23. The van der Waals surface area contributed by atoms with Gasteiger partial charge in [-0.25, -0.2) is 4.98 Å². The van der Waals surface area contributed by atoms with Gasteiger partial charge in [0, 0.05) is 18.9 Å². The summed E-state index contributed by atoms with van der Waals surface area (Å²) in [5.74, 6) is 1.57. The molecule has 0 spiro atoms. The Labute approximate surface area is 103 Å². The second kappa shape index (κ2) is 5.65. The van der Waals surface area contributed by atoms with Crippen LogP contribution in [-0.4, -0.2) is 41.2 Å². The lowest BCUT2D eigenvalue weighted by atomic mass is 10.1. The summed E-state index contributed by atoms with van der Waals surface area (Å²) < 4.78 is 5.48. The number of aliphatic hydroxyl groups excluding tert-OH is 1. The van der Waals surface area contributed by atoms with Crippen molar-refractivity contribution in [2.24, 2.45) is 5.92 Å². The van der Waals surface area contributed by atoms with E-state index in [-0.39, 0.29) is 12.5 Å². The first-order valence-electron chi connectivity index (χ1n) is 6.50. The molecule has 0 radical (unpaired) electrons. The third kappa shape index (κ3) is 3.07. The fraction of sp³-hybridized carbons (Fsp3) is 0.769. The molecule has 0 aromatic carbocycles. The predicted octanol–water partition coefficient (Wildman–Crippen LogP) is 1.65. The van der Waals surface area contributed by atoms with E-state index in [0.29, 0.717) is 5.92 Å². The monoisotopic (exact) mass is 238 g/mol. The second-order valence-corrected chi connectivity index (χ2v) is 5.00. The van der Waals surface area contributed by atoms with Crippen LogP contribution in [-0.2, 0) is 6.42 Å². The van der Waals surface area contributed by atoms with Crippen LogP contribution in [0, 0.1) is 5.92 Å². The molecule has 1 aliphatic rings. The number of hydrogen-bond donors (Lipinski definition) is 1. The molecule has 0 aliphatic carbocycles. The Kier molecular flexibility index (Phi) is 4.18. The van der Waals surface area contributed by atoms with Crippen LogP contribution in [0.25, 0.3) is 0 Å². The molecule has 1 fully saturated rings. The number of oxazole rings is 1. The number of aliphatic hydroxyl groups is 1. The first-order chi connectivity index (χ1) is 8.22. The van der Waals surface area contributed by atoms with E-state index < -0.39 is 0 Å². The standard InChI is InChI=1S/C13H22N2O2/c1-3-15-5-4-11(7-15)6-13-14-12(9-17-13)10(2)8-16/h9-11,16H,3-8H2,1-2H3. The van der Waals surface area contributed by atoms with E-state index in [2.05, 4.69) is 16.8 Å². The minimum absolute atomic E-state index is 0.0724. The summed E-state index contributed by atoms with van der Waals surface area (Å²) in [6.45, 7) is 7.77. The summed E-state index contributed by atoms with van der Waals surface area (Å²) in [6, 6.07) is 0. The van der Waals surface area contributed by atoms with Gasteiger partial charge in [0.15, 0.2) is 5.89 Å². The normalized spacial score (nSPS) is 23.1. The lowest BCUT2D eigenvalue weighted by Gasteiger charge is -2.11. The molecule has 1 aliphatic heterocycles. The summed E-state index contributed by atoms with van der Waals surface area (Å²) in [4.78, 5) is 6.91. The fourth-order valence-corrected chi connectivity index (χ4v) is 2.35. The Morgan fingerprint density at radius 2 is 2.47 bits per heavy atom. The van der Waals surface area contributed by atoms with Gasteiger partial charge < -0.3 is 14.4 Å². The van der Waals surface area contributed by atoms with Crippen molar-refractivity contribution in [2.45, 2.75) is 32.6 Å². The molecule has 2 atom stereocenters. The molecule has 0 saturated carbocycles. The van der Waals surface area contributed by atoms with Crippen molar-refractivity contribution in [1.29, 1.82) is 0 Å². The maximum Gasteiger partial charge on any atom is 0.194 e. The van der Waals surface area contributed by atoms with E-state index >= 15 is 0 Å². The summed E-state index contributed by atoms with van der Waals surface area (Å²) in [7, 11) is 0. The van der Waals surface area contributed by atoms with Crippen LogP contribution < -0.4 is 0 Å². The molecule has 0 bridgehead atoms. The lowest BCUT2D eigenvalue weighted by Crippen LogP contribution is -2.20. The zero-order valence-electron chi connectivity index (χ0n) is 10.7. The van der Waals surface area contributed by atoms with Gasteiger partial charge in [0.1, 0.15) is 6.26 Å². The minimum Gasteiger partial charge on any atom is -0.449 e. The topological polar surface area (TPSA) is 49.5 Å². The van der Waals surface area contributed by atoms with Crippen molar-refractivity contribution < 1.29 is 9.52 Å². The smallest absolute Gasteiger partial charge is 0.194 e. The molecular weight excluding hydrogens is 216 g/mol. The Bertz CT molecular complexity index is 351. The van der Waals surface area contributed by atoms with Crippen LogP contribution in [0.3, 0.4) is 0 Å². The molecule has 96 valence electrons. The van der Waals surface area contributed by atoms with Crippen molar-refractivity contribution in [3.8, 4) is 0 Å². The second-order valence-electron chi connectivity index (χ2n) is 5.00. The van der Waals surface area contributed by atoms with Crippen molar-refractivity contribution in [2.75, 3.05) is 26.2 Å². The van der Waals surface area contributed by atoms with Gasteiger partial charge in [-0.3, -0.25) is 0 Å². The van der Waals surface area contributed by atoms with E-state index in [1.54, 1.807) is 6.26 Å². The van der Waals surface area contributed by atoms with Crippen LogP contribution in [0.4, 0.5) is 0 Å². The van der Waals surface area contributed by atoms with E-state index in [4.69, 9.17) is 9.52 Å². The van der Waals surface area contributed by atoms with Gasteiger partial charge in [0.2, 0.25) is 0 Å². The number of aromatic nitrogens is 1. The Morgan fingerprint density at radius 3 is 3.12 bits per heavy atom. The van der Waals surface area contributed by atoms with Crippen molar-refractivity contribution in [3.63, 3.8) is 0 Å². The maximum absolute atomic E-state index is 9.06. The number of likely N-dealkylation sites (tertiary alicyclic amines) is 1. The first kappa shape index (κ1) is 12.6. The van der Waals surface area contributed by atoms with Gasteiger partial charge in [-0.05, 0) is 25.4 Å². The average Bonchev–Trinajstić information content (AvgIpc) is 2.97. The molecule has 1 aromatic rings. The van der Waals surface area contributed by atoms with Gasteiger partial charge in [-0.2, -0.15) is 0 Å². The lowest BCUT2D eigenvalue weighted by molar-refractivity contribution is 0.271. The van der Waals surface area contributed by atoms with E-state index in [0.717, 1.165) is 31.1 Å². The molecule has 1 aromatic heterocycles. The van der Waals surface area contributed by atoms with Crippen LogP contribution in [0.2, 0.25) is 0 Å². The van der Waals surface area contributed by atoms with Gasteiger partial charge in [0.05, 0.1) is 12.3 Å². The minimum atomic E-state index is 0.0724. The fourth-order valence-electron chi connectivity index (χ4n) is 2.35. The highest BCUT2D eigenvalue weighted by atomic mass is 16.3. The van der Waals surface area contributed by atoms with Gasteiger partial charge in [-0.15, -0.1) is 0 Å². The molecule has 2 unspecified atom stereocenters. The Morgan fingerprint density at radius 1 is 1.65 bits per heavy atom. The first-order valence-corrected chi connectivity index (χ1v) is 6.50. The molecule has 17 heavy (non-hydrogen) atoms. The highest BCUT2D eigenvalue weighted by Crippen LogP contribution is 2.21. The van der Waals surface area contributed by atoms with E-state index in [9.17, 15) is 0 Å². The molecular formula is C13H22N2O2. The molecule has 2 heterocycles. The summed E-state index contributed by atoms with van der Waals surface area (Å²) >= 11 is 0. The Balaban J connectivity index is 1.89. The van der Waals surface area contributed by atoms with Crippen molar-refractivity contribution >= 4 is 0 Å². The third-order valence-electron chi connectivity index (χ3n) is 3.63. The SMILES string of the molecule is CCN1CCC(Cc2nc(C(C)CO)co2)C1. The van der Waals surface area contributed by atoms with Gasteiger partial charge in [0.25, 0.3) is 0 Å². The van der Waals surface area contributed by atoms with E-state index in [1.807, 2.05) is 6.92 Å². The number of nitrogens with zero attached hydrogens (tertiary/aromatic N) is 2. The average molecular weight is 238 g/mol. The quantitative estimate of drug-likeness (QED) is 0.847. The zero-order valence-corrected chi connectivity index (χ0v) is 10.7. The predicted molar refractivity (Wildman–Crippen MR) is 65.9 cm³/mol. The Hall–Kier alpha value is -0.870. The zero-order chi connectivity index (χ0) is 12.3. The van der Waals surface area contributed by atoms with E-state index in [1.165, 1.54) is 13.0 Å². The van der Waals surface area contributed by atoms with Crippen molar-refractivity contribution in [3.05, 3.63) is 17.8 Å². The molecule has 4 heteroatoms. The number of rotatable bonds is 5. The molecule has 4 nitrogen and oxygen atoms in total. The summed E-state index contributed by atoms with van der Waals surface area (Å²) in [6.07, 6.45) is 3.85. The van der Waals surface area contributed by atoms with Crippen LogP contribution in [0.1, 0.15) is 37.8 Å². The van der Waals surface area contributed by atoms with Gasteiger partial charge >= 0.3 is 0 Å². The number of hydrogen-bond acceptors (Lipinski definition) is 4. The van der Waals surface area contributed by atoms with Crippen molar-refractivity contribution in [1.82, 2.24) is 9.88 Å². The molecule has 2 rings (SSSR count). The third-order valence-corrected chi connectivity index (χ3v) is 3.63. The molecule has 1 N–H and O–H groups in total. The van der Waals surface area contributed by atoms with Crippen LogP contribution in [0.15, 0.2) is 10.7 Å². The largest absolute Gasteiger partial charge is 0.449 e. The summed E-state index contributed by atoms with van der Waals surface area (Å²) in [5.41, 5.74) is 0.868. The maximum atomic E-state index is 9.06. The van der Waals surface area contributed by atoms with Gasteiger partial charge in [-0.1, -0.05) is 13.8 Å². The highest BCUT2D eigenvalue weighted by molar-refractivity contribution is 5.03. The molecule has 1 saturated heterocycles. The van der Waals surface area contributed by atoms with Crippen LogP contribution >= 0.6 is 0 Å². The molecule has 0 amide bonds. The summed E-state index contributed by atoms with van der Waals surface area (Å²) in [5, 5.41) is 9.06.